The fraction of sp³-hybridized carbons (Fsp3) is 0.200. The molecule has 0 radical (unpaired) electrons. The molecule has 4 aromatic rings. The maximum absolute atomic E-state index is 12.0. The van der Waals surface area contributed by atoms with Gasteiger partial charge in [-0.25, -0.2) is 4.98 Å². The Kier molecular flexibility index (Phi) is 2.70. The highest BCUT2D eigenvalue weighted by Crippen LogP contribution is 2.39. The van der Waals surface area contributed by atoms with Gasteiger partial charge in [-0.05, 0) is 17.7 Å². The number of rotatable bonds is 1. The van der Waals surface area contributed by atoms with Gasteiger partial charge in [-0.1, -0.05) is 38.1 Å². The second-order valence-electron chi connectivity index (χ2n) is 7.26. The van der Waals surface area contributed by atoms with Crippen LogP contribution in [0.25, 0.3) is 33.4 Å². The van der Waals surface area contributed by atoms with E-state index >= 15 is 0 Å². The van der Waals surface area contributed by atoms with Gasteiger partial charge in [-0.2, -0.15) is 0 Å². The number of hydrogen-bond acceptors (Lipinski definition) is 3. The summed E-state index contributed by atoms with van der Waals surface area (Å²) < 4.78 is 5.75. The Labute approximate surface area is 144 Å². The number of aromatic amines is 1. The van der Waals surface area contributed by atoms with Gasteiger partial charge in [0.25, 0.3) is 0 Å². The summed E-state index contributed by atoms with van der Waals surface area (Å²) in [7, 11) is 0. The SMILES string of the molecule is CC1(C)CC(=O)Nc2cc3nc(-c4occ5ccccc45)[nH]c3cc21. The molecule has 5 rings (SSSR count). The number of nitrogens with one attached hydrogen (secondary N) is 2. The molecule has 0 unspecified atom stereocenters. The fourth-order valence-corrected chi connectivity index (χ4v) is 3.69. The highest BCUT2D eigenvalue weighted by atomic mass is 16.3. The standard InChI is InChI=1S/C20H17N3O2/c1-20(2)9-17(24)21-14-8-16-15(7-13(14)20)22-19(23-16)18-12-6-4-3-5-11(12)10-25-18/h3-8,10H,9H2,1-2H3,(H,21,24)(H,22,23). The van der Waals surface area contributed by atoms with E-state index in [0.29, 0.717) is 12.2 Å². The summed E-state index contributed by atoms with van der Waals surface area (Å²) in [6.45, 7) is 4.18. The maximum Gasteiger partial charge on any atom is 0.225 e. The molecule has 124 valence electrons. The number of carbonyl (C=O) groups excluding carboxylic acids is 1. The van der Waals surface area contributed by atoms with E-state index in [9.17, 15) is 4.79 Å². The normalized spacial score (nSPS) is 16.2. The number of amides is 1. The predicted octanol–water partition coefficient (Wildman–Crippen LogP) is 4.60. The number of imidazole rings is 1. The van der Waals surface area contributed by atoms with Gasteiger partial charge in [-0.15, -0.1) is 0 Å². The molecule has 0 bridgehead atoms. The van der Waals surface area contributed by atoms with Crippen LogP contribution in [0, 0.1) is 0 Å². The average molecular weight is 331 g/mol. The molecule has 1 aliphatic heterocycles. The van der Waals surface area contributed by atoms with Crippen molar-refractivity contribution >= 4 is 33.4 Å². The number of H-pyrrole nitrogens is 1. The molecule has 0 aliphatic carbocycles. The van der Waals surface area contributed by atoms with Crippen LogP contribution in [0.2, 0.25) is 0 Å². The van der Waals surface area contributed by atoms with E-state index in [4.69, 9.17) is 4.42 Å². The first-order valence-electron chi connectivity index (χ1n) is 8.32. The zero-order valence-electron chi connectivity index (χ0n) is 14.0. The Morgan fingerprint density at radius 3 is 2.92 bits per heavy atom. The first-order valence-corrected chi connectivity index (χ1v) is 8.32. The van der Waals surface area contributed by atoms with Gasteiger partial charge >= 0.3 is 0 Å². The predicted molar refractivity (Wildman–Crippen MR) is 97.6 cm³/mol. The molecule has 3 heterocycles. The van der Waals surface area contributed by atoms with Crippen molar-refractivity contribution in [2.45, 2.75) is 25.7 Å². The second-order valence-corrected chi connectivity index (χ2v) is 7.26. The van der Waals surface area contributed by atoms with Crippen molar-refractivity contribution in [2.75, 3.05) is 5.32 Å². The number of fused-ring (bicyclic) bond motifs is 3. The lowest BCUT2D eigenvalue weighted by Crippen LogP contribution is -2.32. The molecule has 0 saturated carbocycles. The Morgan fingerprint density at radius 1 is 1.20 bits per heavy atom. The van der Waals surface area contributed by atoms with Crippen LogP contribution in [0.1, 0.15) is 25.8 Å². The number of nitrogens with zero attached hydrogens (tertiary/aromatic N) is 1. The molecule has 0 spiro atoms. The number of carbonyl (C=O) groups is 1. The molecule has 0 fully saturated rings. The van der Waals surface area contributed by atoms with Gasteiger partial charge in [-0.3, -0.25) is 4.79 Å². The lowest BCUT2D eigenvalue weighted by atomic mass is 9.78. The lowest BCUT2D eigenvalue weighted by molar-refractivity contribution is -0.117. The van der Waals surface area contributed by atoms with Crippen LogP contribution in [0.3, 0.4) is 0 Å². The van der Waals surface area contributed by atoms with E-state index in [1.165, 1.54) is 0 Å². The largest absolute Gasteiger partial charge is 0.460 e. The number of benzene rings is 2. The molecule has 5 nitrogen and oxygen atoms in total. The highest BCUT2D eigenvalue weighted by Gasteiger charge is 2.32. The Hall–Kier alpha value is -3.08. The minimum atomic E-state index is -0.200. The first kappa shape index (κ1) is 14.3. The number of hydrogen-bond donors (Lipinski definition) is 2. The van der Waals surface area contributed by atoms with Crippen LogP contribution >= 0.6 is 0 Å². The zero-order valence-corrected chi connectivity index (χ0v) is 14.0. The monoisotopic (exact) mass is 331 g/mol. The van der Waals surface area contributed by atoms with Crippen LogP contribution < -0.4 is 5.32 Å². The van der Waals surface area contributed by atoms with Crippen molar-refractivity contribution in [1.82, 2.24) is 9.97 Å². The topological polar surface area (TPSA) is 70.9 Å². The summed E-state index contributed by atoms with van der Waals surface area (Å²) in [5.74, 6) is 1.47. The Balaban J connectivity index is 1.71. The Bertz CT molecular complexity index is 1150. The van der Waals surface area contributed by atoms with Crippen LogP contribution in [0.4, 0.5) is 5.69 Å². The number of anilines is 1. The van der Waals surface area contributed by atoms with Gasteiger partial charge in [0, 0.05) is 28.3 Å². The van der Waals surface area contributed by atoms with E-state index in [0.717, 1.165) is 38.8 Å². The van der Waals surface area contributed by atoms with Crippen molar-refractivity contribution in [1.29, 1.82) is 0 Å². The third-order valence-corrected chi connectivity index (χ3v) is 4.95. The minimum Gasteiger partial charge on any atom is -0.460 e. The summed E-state index contributed by atoms with van der Waals surface area (Å²) >= 11 is 0. The summed E-state index contributed by atoms with van der Waals surface area (Å²) in [5, 5.41) is 5.04. The maximum atomic E-state index is 12.0. The van der Waals surface area contributed by atoms with Crippen molar-refractivity contribution in [3.05, 3.63) is 48.2 Å². The summed E-state index contributed by atoms with van der Waals surface area (Å²) in [6.07, 6.45) is 2.22. The number of aromatic nitrogens is 2. The van der Waals surface area contributed by atoms with E-state index < -0.39 is 0 Å². The molecule has 5 heteroatoms. The van der Waals surface area contributed by atoms with E-state index in [1.54, 1.807) is 6.26 Å². The highest BCUT2D eigenvalue weighted by molar-refractivity contribution is 5.99. The van der Waals surface area contributed by atoms with Crippen molar-refractivity contribution in [3.63, 3.8) is 0 Å². The molecule has 25 heavy (non-hydrogen) atoms. The first-order chi connectivity index (χ1) is 12.0. The molecular weight excluding hydrogens is 314 g/mol. The van der Waals surface area contributed by atoms with Crippen molar-refractivity contribution in [3.8, 4) is 11.6 Å². The smallest absolute Gasteiger partial charge is 0.225 e. The second kappa shape index (κ2) is 4.72. The van der Waals surface area contributed by atoms with Crippen molar-refractivity contribution < 1.29 is 9.21 Å². The molecule has 1 amide bonds. The summed E-state index contributed by atoms with van der Waals surface area (Å²) in [6, 6.07) is 12.0. The van der Waals surface area contributed by atoms with Gasteiger partial charge in [0.2, 0.25) is 5.91 Å². The summed E-state index contributed by atoms with van der Waals surface area (Å²) in [5.41, 5.74) is 3.52. The quantitative estimate of drug-likeness (QED) is 0.535. The van der Waals surface area contributed by atoms with Crippen LogP contribution in [0.15, 0.2) is 47.1 Å². The van der Waals surface area contributed by atoms with Crippen LogP contribution in [0.5, 0.6) is 0 Å². The van der Waals surface area contributed by atoms with Gasteiger partial charge < -0.3 is 14.7 Å². The molecule has 0 atom stereocenters. The molecule has 1 aliphatic rings. The van der Waals surface area contributed by atoms with Gasteiger partial charge in [0.15, 0.2) is 11.6 Å². The van der Waals surface area contributed by atoms with E-state index in [-0.39, 0.29) is 11.3 Å². The van der Waals surface area contributed by atoms with E-state index in [1.807, 2.05) is 30.3 Å². The molecule has 2 aromatic heterocycles. The molecular formula is C20H17N3O2. The Morgan fingerprint density at radius 2 is 2.04 bits per heavy atom. The lowest BCUT2D eigenvalue weighted by Gasteiger charge is -2.31. The number of furan rings is 1. The van der Waals surface area contributed by atoms with Gasteiger partial charge in [0.1, 0.15) is 0 Å². The third-order valence-electron chi connectivity index (χ3n) is 4.95. The fourth-order valence-electron chi connectivity index (χ4n) is 3.69. The molecule has 2 aromatic carbocycles. The average Bonchev–Trinajstić information content (AvgIpc) is 3.15. The molecule has 2 N–H and O–H groups in total. The summed E-state index contributed by atoms with van der Waals surface area (Å²) in [4.78, 5) is 20.0. The van der Waals surface area contributed by atoms with E-state index in [2.05, 4.69) is 35.2 Å². The molecule has 0 saturated heterocycles. The van der Waals surface area contributed by atoms with Crippen LogP contribution in [-0.2, 0) is 10.2 Å². The van der Waals surface area contributed by atoms with Gasteiger partial charge in [0.05, 0.1) is 17.3 Å². The van der Waals surface area contributed by atoms with Crippen molar-refractivity contribution in [2.24, 2.45) is 0 Å². The van der Waals surface area contributed by atoms with Crippen LogP contribution in [-0.4, -0.2) is 15.9 Å². The zero-order chi connectivity index (χ0) is 17.2. The minimum absolute atomic E-state index is 0.0460. The third kappa shape index (κ3) is 2.09.